The van der Waals surface area contributed by atoms with Crippen molar-refractivity contribution in [2.45, 2.75) is 46.0 Å². The number of hydrogen-bond donors (Lipinski definition) is 1. The summed E-state index contributed by atoms with van der Waals surface area (Å²) >= 11 is 0. The molecule has 2 bridgehead atoms. The van der Waals surface area contributed by atoms with Crippen LogP contribution in [0.4, 0.5) is 0 Å². The number of fused-ring (bicyclic) bond motifs is 2. The predicted molar refractivity (Wildman–Crippen MR) is 66.3 cm³/mol. The molecule has 0 radical (unpaired) electrons. The monoisotopic (exact) mass is 223 g/mol. The number of carbonyl (C=O) groups excluding carboxylic acids is 1. The molecule has 0 aromatic rings. The van der Waals surface area contributed by atoms with Crippen LogP contribution >= 0.6 is 0 Å². The van der Waals surface area contributed by atoms with E-state index in [0.717, 1.165) is 37.3 Å². The molecule has 1 N–H and O–H groups in total. The molecular formula is C14H25NO. The molecule has 0 aromatic carbocycles. The minimum absolute atomic E-state index is 0.207. The van der Waals surface area contributed by atoms with Gasteiger partial charge in [-0.05, 0) is 43.6 Å². The third kappa shape index (κ3) is 2.65. The SMILES string of the molecule is CCNCC(C)C(=O)CC1CC2CCC1C2. The van der Waals surface area contributed by atoms with Crippen molar-refractivity contribution in [3.05, 3.63) is 0 Å². The van der Waals surface area contributed by atoms with E-state index in [4.69, 9.17) is 0 Å². The van der Waals surface area contributed by atoms with Crippen molar-refractivity contribution in [1.82, 2.24) is 5.32 Å². The molecule has 2 saturated carbocycles. The van der Waals surface area contributed by atoms with E-state index in [-0.39, 0.29) is 5.92 Å². The van der Waals surface area contributed by atoms with Gasteiger partial charge >= 0.3 is 0 Å². The Labute approximate surface area is 99.2 Å². The van der Waals surface area contributed by atoms with Crippen LogP contribution in [0.3, 0.4) is 0 Å². The van der Waals surface area contributed by atoms with Crippen LogP contribution in [-0.4, -0.2) is 18.9 Å². The third-order valence-electron chi connectivity index (χ3n) is 4.60. The first kappa shape index (κ1) is 12.1. The number of nitrogens with one attached hydrogen (secondary N) is 1. The molecule has 2 aliphatic rings. The van der Waals surface area contributed by atoms with Gasteiger partial charge in [-0.1, -0.05) is 20.3 Å². The maximum atomic E-state index is 12.0. The fourth-order valence-electron chi connectivity index (χ4n) is 3.56. The average Bonchev–Trinajstić information content (AvgIpc) is 2.87. The fourth-order valence-corrected chi connectivity index (χ4v) is 3.56. The van der Waals surface area contributed by atoms with E-state index in [9.17, 15) is 4.79 Å². The van der Waals surface area contributed by atoms with Gasteiger partial charge < -0.3 is 5.32 Å². The van der Waals surface area contributed by atoms with Crippen molar-refractivity contribution in [3.63, 3.8) is 0 Å². The zero-order valence-electron chi connectivity index (χ0n) is 10.7. The number of rotatable bonds is 6. The first-order valence-corrected chi connectivity index (χ1v) is 6.94. The van der Waals surface area contributed by atoms with Gasteiger partial charge in [0.15, 0.2) is 0 Å². The van der Waals surface area contributed by atoms with Crippen molar-refractivity contribution in [2.75, 3.05) is 13.1 Å². The van der Waals surface area contributed by atoms with Gasteiger partial charge in [0.2, 0.25) is 0 Å². The number of carbonyl (C=O) groups is 1. The van der Waals surface area contributed by atoms with E-state index in [1.807, 2.05) is 0 Å². The minimum Gasteiger partial charge on any atom is -0.316 e. The van der Waals surface area contributed by atoms with Gasteiger partial charge in [-0.2, -0.15) is 0 Å². The Balaban J connectivity index is 1.74. The van der Waals surface area contributed by atoms with Crippen LogP contribution in [0, 0.1) is 23.7 Å². The molecule has 0 amide bonds. The van der Waals surface area contributed by atoms with Crippen molar-refractivity contribution in [3.8, 4) is 0 Å². The average molecular weight is 223 g/mol. The highest BCUT2D eigenvalue weighted by molar-refractivity contribution is 5.81. The summed E-state index contributed by atoms with van der Waals surface area (Å²) in [6.45, 7) is 5.98. The zero-order chi connectivity index (χ0) is 11.5. The second-order valence-corrected chi connectivity index (χ2v) is 5.81. The van der Waals surface area contributed by atoms with Gasteiger partial charge in [0.25, 0.3) is 0 Å². The van der Waals surface area contributed by atoms with Gasteiger partial charge in [-0.15, -0.1) is 0 Å². The van der Waals surface area contributed by atoms with E-state index >= 15 is 0 Å². The standard InChI is InChI=1S/C14H25NO/c1-3-15-9-10(2)14(16)8-13-7-11-4-5-12(13)6-11/h10-13,15H,3-9H2,1-2H3. The Morgan fingerprint density at radius 2 is 2.19 bits per heavy atom. The molecular weight excluding hydrogens is 198 g/mol. The minimum atomic E-state index is 0.207. The summed E-state index contributed by atoms with van der Waals surface area (Å²) in [6, 6.07) is 0. The second kappa shape index (κ2) is 5.31. The number of ketones is 1. The molecule has 16 heavy (non-hydrogen) atoms. The second-order valence-electron chi connectivity index (χ2n) is 5.81. The van der Waals surface area contributed by atoms with Gasteiger partial charge in [0.05, 0.1) is 0 Å². The van der Waals surface area contributed by atoms with Crippen molar-refractivity contribution < 1.29 is 4.79 Å². The summed E-state index contributed by atoms with van der Waals surface area (Å²) in [5.41, 5.74) is 0. The molecule has 0 heterocycles. The Morgan fingerprint density at radius 3 is 2.75 bits per heavy atom. The molecule has 0 saturated heterocycles. The van der Waals surface area contributed by atoms with Crippen molar-refractivity contribution >= 4 is 5.78 Å². The maximum Gasteiger partial charge on any atom is 0.137 e. The van der Waals surface area contributed by atoms with Crippen LogP contribution in [0.2, 0.25) is 0 Å². The Hall–Kier alpha value is -0.370. The summed E-state index contributed by atoms with van der Waals surface area (Å²) in [5, 5.41) is 3.27. The smallest absolute Gasteiger partial charge is 0.137 e. The van der Waals surface area contributed by atoms with Crippen LogP contribution in [0.5, 0.6) is 0 Å². The van der Waals surface area contributed by atoms with E-state index in [2.05, 4.69) is 19.2 Å². The molecule has 0 spiro atoms. The first-order chi connectivity index (χ1) is 7.70. The molecule has 92 valence electrons. The molecule has 4 unspecified atom stereocenters. The first-order valence-electron chi connectivity index (χ1n) is 6.94. The van der Waals surface area contributed by atoms with Gasteiger partial charge in [0.1, 0.15) is 5.78 Å². The van der Waals surface area contributed by atoms with E-state index in [1.165, 1.54) is 25.7 Å². The lowest BCUT2D eigenvalue weighted by Gasteiger charge is -2.22. The van der Waals surface area contributed by atoms with Crippen LogP contribution in [0.15, 0.2) is 0 Å². The zero-order valence-corrected chi connectivity index (χ0v) is 10.7. The van der Waals surface area contributed by atoms with Crippen LogP contribution in [0.1, 0.15) is 46.0 Å². The largest absolute Gasteiger partial charge is 0.316 e. The van der Waals surface area contributed by atoms with Crippen LogP contribution in [0.25, 0.3) is 0 Å². The van der Waals surface area contributed by atoms with Crippen LogP contribution < -0.4 is 5.32 Å². The molecule has 2 aliphatic carbocycles. The van der Waals surface area contributed by atoms with Crippen LogP contribution in [-0.2, 0) is 4.79 Å². The van der Waals surface area contributed by atoms with Crippen molar-refractivity contribution in [2.24, 2.45) is 23.7 Å². The topological polar surface area (TPSA) is 29.1 Å². The summed E-state index contributed by atoms with van der Waals surface area (Å²) in [7, 11) is 0. The summed E-state index contributed by atoms with van der Waals surface area (Å²) in [4.78, 5) is 12.0. The molecule has 2 nitrogen and oxygen atoms in total. The third-order valence-corrected chi connectivity index (χ3v) is 4.60. The molecule has 2 fully saturated rings. The lowest BCUT2D eigenvalue weighted by atomic mass is 9.83. The van der Waals surface area contributed by atoms with E-state index in [0.29, 0.717) is 5.78 Å². The number of Topliss-reactive ketones (excluding diaryl/α,β-unsaturated/α-hetero) is 1. The quantitative estimate of drug-likeness (QED) is 0.750. The molecule has 2 rings (SSSR count). The lowest BCUT2D eigenvalue weighted by Crippen LogP contribution is -2.28. The highest BCUT2D eigenvalue weighted by Crippen LogP contribution is 2.49. The normalized spacial score (nSPS) is 34.2. The molecule has 0 aliphatic heterocycles. The Bertz CT molecular complexity index is 251. The van der Waals surface area contributed by atoms with E-state index in [1.54, 1.807) is 0 Å². The predicted octanol–water partition coefficient (Wildman–Crippen LogP) is 2.63. The molecule has 4 atom stereocenters. The highest BCUT2D eigenvalue weighted by atomic mass is 16.1. The maximum absolute atomic E-state index is 12.0. The van der Waals surface area contributed by atoms with E-state index < -0.39 is 0 Å². The molecule has 2 heteroatoms. The summed E-state index contributed by atoms with van der Waals surface area (Å²) < 4.78 is 0. The fraction of sp³-hybridized carbons (Fsp3) is 0.929. The lowest BCUT2D eigenvalue weighted by molar-refractivity contribution is -0.123. The van der Waals surface area contributed by atoms with Gasteiger partial charge in [-0.3, -0.25) is 4.79 Å². The Kier molecular flexibility index (Phi) is 4.01. The van der Waals surface area contributed by atoms with Gasteiger partial charge in [0, 0.05) is 18.9 Å². The molecule has 0 aromatic heterocycles. The Morgan fingerprint density at radius 1 is 1.38 bits per heavy atom. The van der Waals surface area contributed by atoms with Gasteiger partial charge in [-0.25, -0.2) is 0 Å². The summed E-state index contributed by atoms with van der Waals surface area (Å²) in [5.74, 6) is 3.28. The summed E-state index contributed by atoms with van der Waals surface area (Å²) in [6.07, 6.45) is 6.43. The highest BCUT2D eigenvalue weighted by Gasteiger charge is 2.40. The number of hydrogen-bond acceptors (Lipinski definition) is 2. The van der Waals surface area contributed by atoms with Crippen molar-refractivity contribution in [1.29, 1.82) is 0 Å².